The van der Waals surface area contributed by atoms with Gasteiger partial charge in [-0.2, -0.15) is 0 Å². The molecule has 1 nitrogen and oxygen atoms in total. The number of rotatable bonds is 3. The Hall–Kier alpha value is -1.89. The molecule has 2 aromatic rings. The standard InChI is InChI=1S/C18H18O/c1-2-13-6-8-15(9-7-13)18(19)17-11-10-14-4-3-5-16(14)12-17/h6-12H,2-5H2,1H3. The molecular formula is C18H18O. The van der Waals surface area contributed by atoms with Gasteiger partial charge < -0.3 is 0 Å². The molecule has 2 aromatic carbocycles. The molecule has 0 saturated carbocycles. The summed E-state index contributed by atoms with van der Waals surface area (Å²) in [5, 5.41) is 0. The summed E-state index contributed by atoms with van der Waals surface area (Å²) < 4.78 is 0. The summed E-state index contributed by atoms with van der Waals surface area (Å²) in [6.07, 6.45) is 4.51. The molecule has 0 spiro atoms. The van der Waals surface area contributed by atoms with Crippen molar-refractivity contribution in [3.63, 3.8) is 0 Å². The van der Waals surface area contributed by atoms with Crippen molar-refractivity contribution in [1.29, 1.82) is 0 Å². The molecule has 0 radical (unpaired) electrons. The highest BCUT2D eigenvalue weighted by Gasteiger charge is 2.14. The Morgan fingerprint density at radius 1 is 0.947 bits per heavy atom. The van der Waals surface area contributed by atoms with Crippen molar-refractivity contribution in [1.82, 2.24) is 0 Å². The van der Waals surface area contributed by atoms with E-state index >= 15 is 0 Å². The predicted molar refractivity (Wildman–Crippen MR) is 77.7 cm³/mol. The van der Waals surface area contributed by atoms with Gasteiger partial charge in [-0.05, 0) is 48.4 Å². The Morgan fingerprint density at radius 3 is 2.37 bits per heavy atom. The molecule has 0 bridgehead atoms. The molecule has 96 valence electrons. The third-order valence-corrected chi connectivity index (χ3v) is 3.99. The lowest BCUT2D eigenvalue weighted by Crippen LogP contribution is -2.02. The van der Waals surface area contributed by atoms with E-state index in [4.69, 9.17) is 0 Å². The van der Waals surface area contributed by atoms with E-state index < -0.39 is 0 Å². The zero-order valence-electron chi connectivity index (χ0n) is 11.3. The van der Waals surface area contributed by atoms with Gasteiger partial charge in [-0.25, -0.2) is 0 Å². The normalized spacial score (nSPS) is 13.3. The quantitative estimate of drug-likeness (QED) is 0.753. The van der Waals surface area contributed by atoms with Crippen LogP contribution in [-0.2, 0) is 19.3 Å². The summed E-state index contributed by atoms with van der Waals surface area (Å²) in [6.45, 7) is 2.12. The molecule has 0 amide bonds. The molecule has 1 aliphatic rings. The van der Waals surface area contributed by atoms with E-state index in [0.29, 0.717) is 0 Å². The zero-order chi connectivity index (χ0) is 13.2. The van der Waals surface area contributed by atoms with Gasteiger partial charge in [-0.15, -0.1) is 0 Å². The van der Waals surface area contributed by atoms with Crippen LogP contribution >= 0.6 is 0 Å². The van der Waals surface area contributed by atoms with Gasteiger partial charge in [0, 0.05) is 11.1 Å². The van der Waals surface area contributed by atoms with Gasteiger partial charge in [0.05, 0.1) is 0 Å². The fourth-order valence-electron chi connectivity index (χ4n) is 2.77. The Morgan fingerprint density at radius 2 is 1.63 bits per heavy atom. The molecule has 1 heteroatoms. The minimum absolute atomic E-state index is 0.136. The molecule has 0 aromatic heterocycles. The van der Waals surface area contributed by atoms with Gasteiger partial charge in [0.15, 0.2) is 5.78 Å². The number of aryl methyl sites for hydroxylation is 3. The van der Waals surface area contributed by atoms with Crippen LogP contribution in [0.1, 0.15) is 46.0 Å². The van der Waals surface area contributed by atoms with Crippen LogP contribution in [0.4, 0.5) is 0 Å². The molecular weight excluding hydrogens is 232 g/mol. The largest absolute Gasteiger partial charge is 0.289 e. The topological polar surface area (TPSA) is 17.1 Å². The average Bonchev–Trinajstić information content (AvgIpc) is 2.94. The van der Waals surface area contributed by atoms with E-state index in [1.54, 1.807) is 0 Å². The van der Waals surface area contributed by atoms with Gasteiger partial charge in [-0.1, -0.05) is 43.3 Å². The Kier molecular flexibility index (Phi) is 3.20. The highest BCUT2D eigenvalue weighted by atomic mass is 16.1. The molecule has 1 aliphatic carbocycles. The van der Waals surface area contributed by atoms with Crippen LogP contribution in [0.2, 0.25) is 0 Å². The predicted octanol–water partition coefficient (Wildman–Crippen LogP) is 3.97. The highest BCUT2D eigenvalue weighted by Crippen LogP contribution is 2.24. The molecule has 0 heterocycles. The highest BCUT2D eigenvalue weighted by molar-refractivity contribution is 6.09. The van der Waals surface area contributed by atoms with Crippen molar-refractivity contribution >= 4 is 5.78 Å². The number of carbonyl (C=O) groups is 1. The van der Waals surface area contributed by atoms with E-state index in [2.05, 4.69) is 19.1 Å². The summed E-state index contributed by atoms with van der Waals surface area (Å²) in [6, 6.07) is 14.1. The molecule has 0 fully saturated rings. The summed E-state index contributed by atoms with van der Waals surface area (Å²) in [7, 11) is 0. The third kappa shape index (κ3) is 2.33. The third-order valence-electron chi connectivity index (χ3n) is 3.99. The van der Waals surface area contributed by atoms with Crippen molar-refractivity contribution < 1.29 is 4.79 Å². The molecule has 0 atom stereocenters. The van der Waals surface area contributed by atoms with Gasteiger partial charge in [-0.3, -0.25) is 4.79 Å². The summed E-state index contributed by atoms with van der Waals surface area (Å²) in [5.41, 5.74) is 5.65. The number of ketones is 1. The smallest absolute Gasteiger partial charge is 0.193 e. The first kappa shape index (κ1) is 12.2. The number of fused-ring (bicyclic) bond motifs is 1. The monoisotopic (exact) mass is 250 g/mol. The van der Waals surface area contributed by atoms with Gasteiger partial charge in [0.1, 0.15) is 0 Å². The van der Waals surface area contributed by atoms with Crippen LogP contribution in [0.25, 0.3) is 0 Å². The molecule has 19 heavy (non-hydrogen) atoms. The number of hydrogen-bond acceptors (Lipinski definition) is 1. The number of hydrogen-bond donors (Lipinski definition) is 0. The second-order valence-corrected chi connectivity index (χ2v) is 5.22. The van der Waals surface area contributed by atoms with E-state index in [-0.39, 0.29) is 5.78 Å². The Labute approximate surface area is 114 Å². The second kappa shape index (κ2) is 5.00. The first-order chi connectivity index (χ1) is 9.28. The zero-order valence-corrected chi connectivity index (χ0v) is 11.3. The first-order valence-electron chi connectivity index (χ1n) is 7.03. The minimum atomic E-state index is 0.136. The lowest BCUT2D eigenvalue weighted by Gasteiger charge is -2.05. The van der Waals surface area contributed by atoms with Crippen molar-refractivity contribution in [2.75, 3.05) is 0 Å². The second-order valence-electron chi connectivity index (χ2n) is 5.22. The molecule has 0 aliphatic heterocycles. The van der Waals surface area contributed by atoms with Crippen molar-refractivity contribution in [3.05, 3.63) is 70.3 Å². The first-order valence-corrected chi connectivity index (χ1v) is 7.03. The fraction of sp³-hybridized carbons (Fsp3) is 0.278. The van der Waals surface area contributed by atoms with Gasteiger partial charge in [0.2, 0.25) is 0 Å². The molecule has 0 saturated heterocycles. The lowest BCUT2D eigenvalue weighted by molar-refractivity contribution is 0.103. The van der Waals surface area contributed by atoms with Crippen LogP contribution in [0.3, 0.4) is 0 Å². The van der Waals surface area contributed by atoms with Crippen molar-refractivity contribution in [2.24, 2.45) is 0 Å². The summed E-state index contributed by atoms with van der Waals surface area (Å²) in [4.78, 5) is 12.4. The maximum absolute atomic E-state index is 12.4. The van der Waals surface area contributed by atoms with Crippen molar-refractivity contribution in [3.8, 4) is 0 Å². The van der Waals surface area contributed by atoms with E-state index in [1.165, 1.54) is 23.1 Å². The molecule has 0 unspecified atom stereocenters. The van der Waals surface area contributed by atoms with E-state index in [1.807, 2.05) is 30.3 Å². The van der Waals surface area contributed by atoms with E-state index in [9.17, 15) is 4.79 Å². The fourth-order valence-corrected chi connectivity index (χ4v) is 2.77. The van der Waals surface area contributed by atoms with Crippen LogP contribution in [0.5, 0.6) is 0 Å². The number of benzene rings is 2. The van der Waals surface area contributed by atoms with Crippen LogP contribution < -0.4 is 0 Å². The Balaban J connectivity index is 1.90. The Bertz CT molecular complexity index is 608. The SMILES string of the molecule is CCc1ccc(C(=O)c2ccc3c(c2)CCC3)cc1. The molecule has 3 rings (SSSR count). The number of carbonyl (C=O) groups excluding carboxylic acids is 1. The van der Waals surface area contributed by atoms with E-state index in [0.717, 1.165) is 30.4 Å². The summed E-state index contributed by atoms with van der Waals surface area (Å²) in [5.74, 6) is 0.136. The van der Waals surface area contributed by atoms with Gasteiger partial charge in [0.25, 0.3) is 0 Å². The lowest BCUT2D eigenvalue weighted by atomic mass is 9.98. The van der Waals surface area contributed by atoms with Crippen molar-refractivity contribution in [2.45, 2.75) is 32.6 Å². The van der Waals surface area contributed by atoms with Crippen LogP contribution in [0, 0.1) is 0 Å². The molecule has 0 N–H and O–H groups in total. The van der Waals surface area contributed by atoms with Gasteiger partial charge >= 0.3 is 0 Å². The van der Waals surface area contributed by atoms with Crippen LogP contribution in [0.15, 0.2) is 42.5 Å². The van der Waals surface area contributed by atoms with Crippen LogP contribution in [-0.4, -0.2) is 5.78 Å². The maximum Gasteiger partial charge on any atom is 0.193 e. The summed E-state index contributed by atoms with van der Waals surface area (Å²) >= 11 is 0. The maximum atomic E-state index is 12.4. The minimum Gasteiger partial charge on any atom is -0.289 e. The average molecular weight is 250 g/mol.